The largest absolute Gasteiger partial charge is 0.352 e. The van der Waals surface area contributed by atoms with E-state index >= 15 is 0 Å². The van der Waals surface area contributed by atoms with Gasteiger partial charge in [0.05, 0.1) is 6.42 Å². The zero-order chi connectivity index (χ0) is 12.8. The second-order valence-corrected chi connectivity index (χ2v) is 3.80. The molecule has 1 atom stereocenters. The Labute approximate surface area is 99.0 Å². The van der Waals surface area contributed by atoms with Crippen LogP contribution in [0.1, 0.15) is 18.9 Å². The molecular formula is C12H16F2N2O. The van der Waals surface area contributed by atoms with Gasteiger partial charge in [0.25, 0.3) is 0 Å². The monoisotopic (exact) mass is 242 g/mol. The Bertz CT molecular complexity index is 392. The number of hydrogen-bond acceptors (Lipinski definition) is 2. The molecular weight excluding hydrogens is 226 g/mol. The molecule has 0 spiro atoms. The molecule has 0 heterocycles. The van der Waals surface area contributed by atoms with Gasteiger partial charge in [-0.2, -0.15) is 0 Å². The molecule has 0 radical (unpaired) electrons. The highest BCUT2D eigenvalue weighted by atomic mass is 19.2. The molecule has 17 heavy (non-hydrogen) atoms. The number of rotatable bonds is 5. The van der Waals surface area contributed by atoms with Gasteiger partial charge in [0.15, 0.2) is 11.6 Å². The summed E-state index contributed by atoms with van der Waals surface area (Å²) in [7, 11) is 0. The zero-order valence-electron chi connectivity index (χ0n) is 9.67. The van der Waals surface area contributed by atoms with Crippen LogP contribution in [0.5, 0.6) is 0 Å². The lowest BCUT2D eigenvalue weighted by Crippen LogP contribution is -2.40. The summed E-state index contributed by atoms with van der Waals surface area (Å²) in [6.45, 7) is 2.22. The van der Waals surface area contributed by atoms with Crippen molar-refractivity contribution >= 4 is 5.91 Å². The highest BCUT2D eigenvalue weighted by molar-refractivity contribution is 5.78. The van der Waals surface area contributed by atoms with Gasteiger partial charge >= 0.3 is 0 Å². The van der Waals surface area contributed by atoms with Gasteiger partial charge in [0.2, 0.25) is 5.91 Å². The van der Waals surface area contributed by atoms with E-state index in [2.05, 4.69) is 5.32 Å². The van der Waals surface area contributed by atoms with Crippen molar-refractivity contribution in [3.8, 4) is 0 Å². The normalized spacial score (nSPS) is 12.2. The maximum Gasteiger partial charge on any atom is 0.224 e. The number of carbonyl (C=O) groups excluding carboxylic acids is 1. The molecule has 1 rings (SSSR count). The predicted octanol–water partition coefficient (Wildman–Crippen LogP) is 1.36. The zero-order valence-corrected chi connectivity index (χ0v) is 9.67. The smallest absolute Gasteiger partial charge is 0.224 e. The molecule has 0 bridgehead atoms. The van der Waals surface area contributed by atoms with Crippen molar-refractivity contribution in [3.63, 3.8) is 0 Å². The number of halogens is 2. The summed E-state index contributed by atoms with van der Waals surface area (Å²) < 4.78 is 26.2. The minimum Gasteiger partial charge on any atom is -0.352 e. The van der Waals surface area contributed by atoms with Crippen LogP contribution < -0.4 is 11.1 Å². The Morgan fingerprint density at radius 1 is 1.47 bits per heavy atom. The molecule has 0 aliphatic carbocycles. The van der Waals surface area contributed by atoms with Gasteiger partial charge in [0.1, 0.15) is 0 Å². The molecule has 0 aliphatic heterocycles. The first kappa shape index (κ1) is 13.6. The fraction of sp³-hybridized carbons (Fsp3) is 0.417. The van der Waals surface area contributed by atoms with E-state index in [4.69, 9.17) is 5.73 Å². The maximum absolute atomic E-state index is 13.3. The Morgan fingerprint density at radius 3 is 2.76 bits per heavy atom. The maximum atomic E-state index is 13.3. The number of nitrogens with one attached hydrogen (secondary N) is 1. The third kappa shape index (κ3) is 3.78. The molecule has 0 aromatic heterocycles. The molecule has 0 saturated carbocycles. The second kappa shape index (κ2) is 6.30. The van der Waals surface area contributed by atoms with Gasteiger partial charge in [-0.25, -0.2) is 8.78 Å². The Balaban J connectivity index is 2.65. The summed E-state index contributed by atoms with van der Waals surface area (Å²) in [6, 6.07) is 3.66. The quantitative estimate of drug-likeness (QED) is 0.819. The van der Waals surface area contributed by atoms with E-state index in [1.807, 2.05) is 6.92 Å². The molecule has 3 nitrogen and oxygen atoms in total. The Kier molecular flexibility index (Phi) is 5.03. The van der Waals surface area contributed by atoms with Crippen LogP contribution in [0, 0.1) is 11.6 Å². The molecule has 94 valence electrons. The van der Waals surface area contributed by atoms with Crippen LogP contribution in [-0.4, -0.2) is 18.5 Å². The van der Waals surface area contributed by atoms with Crippen LogP contribution in [0.4, 0.5) is 8.78 Å². The number of nitrogens with two attached hydrogens (primary N) is 1. The summed E-state index contributed by atoms with van der Waals surface area (Å²) in [5.74, 6) is -2.27. The van der Waals surface area contributed by atoms with Gasteiger partial charge in [-0.15, -0.1) is 0 Å². The summed E-state index contributed by atoms with van der Waals surface area (Å²) in [5.41, 5.74) is 5.48. The molecule has 1 unspecified atom stereocenters. The number of hydrogen-bond donors (Lipinski definition) is 2. The molecule has 1 amide bonds. The molecule has 0 saturated heterocycles. The fourth-order valence-corrected chi connectivity index (χ4v) is 1.46. The fourth-order valence-electron chi connectivity index (χ4n) is 1.46. The van der Waals surface area contributed by atoms with Gasteiger partial charge in [-0.3, -0.25) is 4.79 Å². The van der Waals surface area contributed by atoms with E-state index in [-0.39, 0.29) is 23.9 Å². The summed E-state index contributed by atoms with van der Waals surface area (Å²) in [4.78, 5) is 11.5. The third-order valence-electron chi connectivity index (χ3n) is 2.53. The van der Waals surface area contributed by atoms with E-state index < -0.39 is 11.6 Å². The number of amides is 1. The van der Waals surface area contributed by atoms with Crippen molar-refractivity contribution in [1.29, 1.82) is 0 Å². The topological polar surface area (TPSA) is 55.1 Å². The molecule has 1 aromatic carbocycles. The van der Waals surface area contributed by atoms with Crippen LogP contribution in [0.2, 0.25) is 0 Å². The minimum absolute atomic E-state index is 0.0503. The van der Waals surface area contributed by atoms with Crippen molar-refractivity contribution in [2.45, 2.75) is 25.8 Å². The molecule has 3 N–H and O–H groups in total. The van der Waals surface area contributed by atoms with Crippen LogP contribution in [0.15, 0.2) is 18.2 Å². The van der Waals surface area contributed by atoms with Crippen molar-refractivity contribution in [2.24, 2.45) is 5.73 Å². The van der Waals surface area contributed by atoms with Gasteiger partial charge in [0, 0.05) is 18.2 Å². The molecule has 0 fully saturated rings. The summed E-state index contributed by atoms with van der Waals surface area (Å²) >= 11 is 0. The SMILES string of the molecule is CCC(CN)NC(=O)Cc1cccc(F)c1F. The van der Waals surface area contributed by atoms with E-state index in [1.54, 1.807) is 0 Å². The lowest BCUT2D eigenvalue weighted by molar-refractivity contribution is -0.121. The molecule has 0 aliphatic rings. The summed E-state index contributed by atoms with van der Waals surface area (Å²) in [6.07, 6.45) is 0.522. The van der Waals surface area contributed by atoms with Crippen LogP contribution in [0.3, 0.4) is 0 Å². The first-order valence-corrected chi connectivity index (χ1v) is 5.50. The van der Waals surface area contributed by atoms with Crippen LogP contribution >= 0.6 is 0 Å². The third-order valence-corrected chi connectivity index (χ3v) is 2.53. The Hall–Kier alpha value is -1.49. The standard InChI is InChI=1S/C12H16F2N2O/c1-2-9(7-15)16-11(17)6-8-4-3-5-10(13)12(8)14/h3-5,9H,2,6-7,15H2,1H3,(H,16,17). The van der Waals surface area contributed by atoms with Crippen LogP contribution in [-0.2, 0) is 11.2 Å². The van der Waals surface area contributed by atoms with Crippen molar-refractivity contribution < 1.29 is 13.6 Å². The minimum atomic E-state index is -0.969. The van der Waals surface area contributed by atoms with E-state index in [0.717, 1.165) is 6.07 Å². The van der Waals surface area contributed by atoms with Crippen LogP contribution in [0.25, 0.3) is 0 Å². The first-order valence-electron chi connectivity index (χ1n) is 5.50. The summed E-state index contributed by atoms with van der Waals surface area (Å²) in [5, 5.41) is 2.66. The highest BCUT2D eigenvalue weighted by Gasteiger charge is 2.13. The van der Waals surface area contributed by atoms with E-state index in [9.17, 15) is 13.6 Å². The van der Waals surface area contributed by atoms with Crippen molar-refractivity contribution in [1.82, 2.24) is 5.32 Å². The number of carbonyl (C=O) groups is 1. The Morgan fingerprint density at radius 2 is 2.18 bits per heavy atom. The van der Waals surface area contributed by atoms with Gasteiger partial charge < -0.3 is 11.1 Å². The average Bonchev–Trinajstić information content (AvgIpc) is 2.32. The molecule has 1 aromatic rings. The van der Waals surface area contributed by atoms with Crippen molar-refractivity contribution in [3.05, 3.63) is 35.4 Å². The lowest BCUT2D eigenvalue weighted by Gasteiger charge is -2.14. The van der Waals surface area contributed by atoms with Gasteiger partial charge in [-0.1, -0.05) is 19.1 Å². The lowest BCUT2D eigenvalue weighted by atomic mass is 10.1. The highest BCUT2D eigenvalue weighted by Crippen LogP contribution is 2.11. The average molecular weight is 242 g/mol. The predicted molar refractivity (Wildman–Crippen MR) is 61.3 cm³/mol. The van der Waals surface area contributed by atoms with E-state index in [1.165, 1.54) is 12.1 Å². The molecule has 5 heteroatoms. The number of benzene rings is 1. The second-order valence-electron chi connectivity index (χ2n) is 3.80. The van der Waals surface area contributed by atoms with E-state index in [0.29, 0.717) is 13.0 Å². The van der Waals surface area contributed by atoms with Crippen molar-refractivity contribution in [2.75, 3.05) is 6.54 Å². The first-order chi connectivity index (χ1) is 8.08. The van der Waals surface area contributed by atoms with Gasteiger partial charge in [-0.05, 0) is 12.5 Å².